The highest BCUT2D eigenvalue weighted by Crippen LogP contribution is 2.28. The van der Waals surface area contributed by atoms with Gasteiger partial charge in [-0.15, -0.1) is 0 Å². The third-order valence-corrected chi connectivity index (χ3v) is 5.22. The predicted octanol–water partition coefficient (Wildman–Crippen LogP) is 2.77. The second-order valence-electron chi connectivity index (χ2n) is 7.03. The molecular formula is C18H28N2O2. The van der Waals surface area contributed by atoms with E-state index < -0.39 is 0 Å². The highest BCUT2D eigenvalue weighted by atomic mass is 16.5. The summed E-state index contributed by atoms with van der Waals surface area (Å²) in [6, 6.07) is 0. The van der Waals surface area contributed by atoms with Crippen LogP contribution in [0, 0.1) is 19.8 Å². The molecule has 1 aliphatic carbocycles. The number of aromatic amines is 1. The lowest BCUT2D eigenvalue weighted by molar-refractivity contribution is 0.0574. The summed E-state index contributed by atoms with van der Waals surface area (Å²) >= 11 is 0. The number of hydrogen-bond donors (Lipinski definition) is 1. The van der Waals surface area contributed by atoms with Crippen LogP contribution < -0.4 is 5.43 Å². The first kappa shape index (κ1) is 15.8. The number of nitrogens with zero attached hydrogens (tertiary/aromatic N) is 1. The van der Waals surface area contributed by atoms with Crippen molar-refractivity contribution in [2.24, 2.45) is 5.92 Å². The fourth-order valence-corrected chi connectivity index (χ4v) is 3.51. The van der Waals surface area contributed by atoms with Gasteiger partial charge in [-0.25, -0.2) is 0 Å². The smallest absolute Gasteiger partial charge is 0.187 e. The van der Waals surface area contributed by atoms with E-state index in [1.807, 2.05) is 20.0 Å². The standard InChI is InChI=1S/C18H28N2O2/c1-13-9-19-17(14(2)18(13)21)12-20(10-15-5-3-6-15)11-16-7-4-8-22-16/h9,15-16H,3-8,10-12H2,1-2H3,(H,19,21). The summed E-state index contributed by atoms with van der Waals surface area (Å²) in [6.07, 6.45) is 8.65. The Labute approximate surface area is 132 Å². The molecule has 2 aliphatic rings. The summed E-state index contributed by atoms with van der Waals surface area (Å²) in [4.78, 5) is 18.0. The second-order valence-corrected chi connectivity index (χ2v) is 7.03. The van der Waals surface area contributed by atoms with Crippen molar-refractivity contribution in [3.05, 3.63) is 33.2 Å². The zero-order valence-electron chi connectivity index (χ0n) is 13.9. The normalized spacial score (nSPS) is 22.2. The number of aromatic nitrogens is 1. The van der Waals surface area contributed by atoms with Crippen molar-refractivity contribution in [3.8, 4) is 0 Å². The van der Waals surface area contributed by atoms with Gasteiger partial charge in [0.25, 0.3) is 0 Å². The molecule has 22 heavy (non-hydrogen) atoms. The molecule has 122 valence electrons. The van der Waals surface area contributed by atoms with Crippen molar-refractivity contribution < 1.29 is 4.74 Å². The summed E-state index contributed by atoms with van der Waals surface area (Å²) in [6.45, 7) is 7.67. The number of ether oxygens (including phenoxy) is 1. The number of nitrogens with one attached hydrogen (secondary N) is 1. The van der Waals surface area contributed by atoms with Gasteiger partial charge in [-0.3, -0.25) is 9.69 Å². The fourth-order valence-electron chi connectivity index (χ4n) is 3.51. The zero-order chi connectivity index (χ0) is 15.5. The highest BCUT2D eigenvalue weighted by Gasteiger charge is 2.25. The Morgan fingerprint density at radius 1 is 1.23 bits per heavy atom. The first-order chi connectivity index (χ1) is 10.6. The maximum atomic E-state index is 12.1. The van der Waals surface area contributed by atoms with Gasteiger partial charge in [-0.05, 0) is 45.4 Å². The van der Waals surface area contributed by atoms with Crippen LogP contribution in [-0.4, -0.2) is 35.7 Å². The van der Waals surface area contributed by atoms with E-state index in [2.05, 4.69) is 9.88 Å². The second kappa shape index (κ2) is 6.97. The third-order valence-electron chi connectivity index (χ3n) is 5.22. The van der Waals surface area contributed by atoms with E-state index >= 15 is 0 Å². The summed E-state index contributed by atoms with van der Waals surface area (Å²) < 4.78 is 5.81. The van der Waals surface area contributed by atoms with E-state index in [4.69, 9.17) is 4.74 Å². The van der Waals surface area contributed by atoms with Gasteiger partial charge in [0.2, 0.25) is 0 Å². The molecule has 0 aromatic carbocycles. The van der Waals surface area contributed by atoms with Crippen LogP contribution in [0.1, 0.15) is 48.9 Å². The van der Waals surface area contributed by atoms with Gasteiger partial charge >= 0.3 is 0 Å². The zero-order valence-corrected chi connectivity index (χ0v) is 13.9. The first-order valence-corrected chi connectivity index (χ1v) is 8.65. The van der Waals surface area contributed by atoms with Crippen LogP contribution in [0.4, 0.5) is 0 Å². The molecule has 4 nitrogen and oxygen atoms in total. The molecule has 1 atom stereocenters. The molecule has 0 spiro atoms. The minimum atomic E-state index is 0.175. The van der Waals surface area contributed by atoms with Gasteiger partial charge < -0.3 is 9.72 Å². The van der Waals surface area contributed by atoms with Crippen LogP contribution in [0.3, 0.4) is 0 Å². The molecule has 0 radical (unpaired) electrons. The Morgan fingerprint density at radius 3 is 2.68 bits per heavy atom. The van der Waals surface area contributed by atoms with E-state index in [9.17, 15) is 4.79 Å². The summed E-state index contributed by atoms with van der Waals surface area (Å²) in [5.74, 6) is 0.832. The molecule has 1 unspecified atom stereocenters. The van der Waals surface area contributed by atoms with Crippen LogP contribution >= 0.6 is 0 Å². The molecule has 1 N–H and O–H groups in total. The lowest BCUT2D eigenvalue weighted by Gasteiger charge is -2.33. The molecule has 0 amide bonds. The van der Waals surface area contributed by atoms with E-state index in [1.54, 1.807) is 0 Å². The average molecular weight is 304 g/mol. The number of rotatable bonds is 6. The van der Waals surface area contributed by atoms with Crippen molar-refractivity contribution in [3.63, 3.8) is 0 Å². The number of hydrogen-bond acceptors (Lipinski definition) is 3. The van der Waals surface area contributed by atoms with E-state index in [1.165, 1.54) is 32.1 Å². The van der Waals surface area contributed by atoms with Crippen molar-refractivity contribution in [2.75, 3.05) is 19.7 Å². The number of aryl methyl sites for hydroxylation is 1. The van der Waals surface area contributed by atoms with E-state index in [-0.39, 0.29) is 5.43 Å². The molecule has 1 saturated heterocycles. The third kappa shape index (κ3) is 3.61. The Kier molecular flexibility index (Phi) is 4.99. The van der Waals surface area contributed by atoms with Gasteiger partial charge in [0.15, 0.2) is 5.43 Å². The van der Waals surface area contributed by atoms with Crippen LogP contribution in [0.5, 0.6) is 0 Å². The Balaban J connectivity index is 1.70. The van der Waals surface area contributed by atoms with Gasteiger partial charge in [-0.1, -0.05) is 6.42 Å². The van der Waals surface area contributed by atoms with Gasteiger partial charge in [0, 0.05) is 49.3 Å². The lowest BCUT2D eigenvalue weighted by Crippen LogP contribution is -2.38. The number of pyridine rings is 1. The molecule has 2 fully saturated rings. The van der Waals surface area contributed by atoms with Crippen LogP contribution in [0.2, 0.25) is 0 Å². The quantitative estimate of drug-likeness (QED) is 0.879. The fraction of sp³-hybridized carbons (Fsp3) is 0.722. The van der Waals surface area contributed by atoms with Crippen molar-refractivity contribution in [2.45, 2.75) is 58.6 Å². The van der Waals surface area contributed by atoms with Gasteiger partial charge in [0.1, 0.15) is 0 Å². The lowest BCUT2D eigenvalue weighted by atomic mass is 9.85. The van der Waals surface area contributed by atoms with Gasteiger partial charge in [-0.2, -0.15) is 0 Å². The Hall–Kier alpha value is -1.13. The predicted molar refractivity (Wildman–Crippen MR) is 88.1 cm³/mol. The minimum absolute atomic E-state index is 0.175. The average Bonchev–Trinajstić information content (AvgIpc) is 2.96. The Bertz CT molecular complexity index is 557. The SMILES string of the molecule is Cc1c[nH]c(CN(CC2CCC2)CC2CCCO2)c(C)c1=O. The van der Waals surface area contributed by atoms with Crippen LogP contribution in [0.25, 0.3) is 0 Å². The topological polar surface area (TPSA) is 45.3 Å². The maximum Gasteiger partial charge on any atom is 0.187 e. The van der Waals surface area contributed by atoms with E-state index in [0.29, 0.717) is 6.10 Å². The minimum Gasteiger partial charge on any atom is -0.377 e. The molecule has 0 bridgehead atoms. The summed E-state index contributed by atoms with van der Waals surface area (Å²) in [5, 5.41) is 0. The summed E-state index contributed by atoms with van der Waals surface area (Å²) in [5.41, 5.74) is 2.90. The highest BCUT2D eigenvalue weighted by molar-refractivity contribution is 5.23. The molecule has 1 aliphatic heterocycles. The van der Waals surface area contributed by atoms with Crippen LogP contribution in [0.15, 0.2) is 11.0 Å². The van der Waals surface area contributed by atoms with E-state index in [0.717, 1.165) is 49.0 Å². The monoisotopic (exact) mass is 304 g/mol. The summed E-state index contributed by atoms with van der Waals surface area (Å²) in [7, 11) is 0. The maximum absolute atomic E-state index is 12.1. The molecule has 2 heterocycles. The van der Waals surface area contributed by atoms with Crippen LogP contribution in [-0.2, 0) is 11.3 Å². The van der Waals surface area contributed by atoms with Crippen molar-refractivity contribution in [1.82, 2.24) is 9.88 Å². The molecular weight excluding hydrogens is 276 g/mol. The Morgan fingerprint density at radius 2 is 2.05 bits per heavy atom. The van der Waals surface area contributed by atoms with Crippen molar-refractivity contribution in [1.29, 1.82) is 0 Å². The number of H-pyrrole nitrogens is 1. The largest absolute Gasteiger partial charge is 0.377 e. The molecule has 1 aromatic rings. The van der Waals surface area contributed by atoms with Gasteiger partial charge in [0.05, 0.1) is 6.10 Å². The molecule has 1 aromatic heterocycles. The van der Waals surface area contributed by atoms with Crippen molar-refractivity contribution >= 4 is 0 Å². The molecule has 3 rings (SSSR count). The molecule has 1 saturated carbocycles. The molecule has 4 heteroatoms. The first-order valence-electron chi connectivity index (χ1n) is 8.65.